The van der Waals surface area contributed by atoms with Gasteiger partial charge in [-0.1, -0.05) is 142 Å². The Hall–Kier alpha value is -7.18. The number of para-hydroxylation sites is 2. The van der Waals surface area contributed by atoms with Crippen LogP contribution >= 0.6 is 34.8 Å². The molecule has 0 atom stereocenters. The summed E-state index contributed by atoms with van der Waals surface area (Å²) >= 11 is 18.1. The number of benzene rings is 5. The molecule has 5 saturated heterocycles. The molecule has 0 amide bonds. The predicted octanol–water partition coefficient (Wildman–Crippen LogP) is 23.7. The molecule has 18 heteroatoms. The molecule has 0 unspecified atom stereocenters. The Bertz CT molecular complexity index is 4360. The molecule has 10 aromatic rings. The molecule has 5 fully saturated rings. The minimum absolute atomic E-state index is 0.734. The van der Waals surface area contributed by atoms with E-state index < -0.39 is 0 Å². The van der Waals surface area contributed by atoms with Gasteiger partial charge in [-0.2, -0.15) is 0 Å². The predicted molar refractivity (Wildman–Crippen MR) is 492 cm³/mol. The van der Waals surface area contributed by atoms with Crippen LogP contribution in [-0.2, 0) is 0 Å². The monoisotopic (exact) mass is 1600 g/mol. The number of aryl methyl sites for hydroxylation is 2. The van der Waals surface area contributed by atoms with Crippen LogP contribution in [0, 0.1) is 13.8 Å². The summed E-state index contributed by atoms with van der Waals surface area (Å²) in [6.45, 7) is 28.6. The highest BCUT2D eigenvalue weighted by Crippen LogP contribution is 2.30. The molecule has 114 heavy (non-hydrogen) atoms. The molecular weight excluding hydrogens is 1470 g/mol. The number of anilines is 5. The molecule has 5 aliphatic rings. The second kappa shape index (κ2) is 50.4. The average molecular weight is 1600 g/mol. The molecule has 10 heterocycles. The van der Waals surface area contributed by atoms with Gasteiger partial charge in [0.1, 0.15) is 0 Å². The standard InChI is InChI=1S/C22H32ClN3.C21H31N3.C18H24ClN3.C18H25N3.C17H22ClN3/c23-19-10-11-20-21(12-14-25-22(20)18-19)24-13-6-3-1-2-4-7-15-26-16-8-5-9-17-26;1-18-17-21(19-11-5-6-12-20(19)23-18)22-13-7-2-3-8-14-24-15-9-4-10-16-24;19-15-6-7-16-17(8-10-21-18(16)14-15)20-9-2-5-13-22-11-3-1-4-12-22;1-15-14-18(16-8-3-4-9-17(16)20-15)19-10-7-13-21-11-5-2-6-12-21;18-14-5-6-15-16(7-9-20-17(15)13-14)19-8-4-12-21-10-2-1-3-11-21/h10-12,14,18H,1-9,13,15-17H2,(H,24,25);5-6,11-12,17H,2-4,7-10,13-16H2,1H3,(H,22,23);6-8,10,14H,1-5,9,11-13H2,(H,20,21);3-4,8-9,14H,2,5-7,10-13H2,1H3,(H,19,20);5-7,9,13H,1-4,8,10-12H2,(H,19,20). The van der Waals surface area contributed by atoms with Gasteiger partial charge in [0.05, 0.1) is 27.6 Å². The second-order valence-electron chi connectivity index (χ2n) is 32.3. The highest BCUT2D eigenvalue weighted by Gasteiger charge is 2.16. The van der Waals surface area contributed by atoms with Gasteiger partial charge in [0.2, 0.25) is 0 Å². The highest BCUT2D eigenvalue weighted by atomic mass is 35.5. The summed E-state index contributed by atoms with van der Waals surface area (Å²) in [5, 5.41) is 26.0. The zero-order valence-corrected chi connectivity index (χ0v) is 71.5. The van der Waals surface area contributed by atoms with Crippen molar-refractivity contribution in [3.05, 3.63) is 179 Å². The molecule has 0 bridgehead atoms. The Balaban J connectivity index is 0.000000141. The van der Waals surface area contributed by atoms with Crippen molar-refractivity contribution in [2.45, 2.75) is 200 Å². The van der Waals surface area contributed by atoms with Crippen LogP contribution in [0.4, 0.5) is 28.4 Å². The van der Waals surface area contributed by atoms with Gasteiger partial charge in [-0.25, -0.2) is 0 Å². The van der Waals surface area contributed by atoms with Crippen molar-refractivity contribution in [1.82, 2.24) is 49.4 Å². The maximum Gasteiger partial charge on any atom is 0.0737 e. The number of unbranched alkanes of at least 4 members (excludes halogenated alkanes) is 9. The summed E-state index contributed by atoms with van der Waals surface area (Å²) in [6.07, 6.45) is 44.7. The molecule has 5 aromatic heterocycles. The first kappa shape index (κ1) is 87.7. The first-order valence-corrected chi connectivity index (χ1v) is 45.4. The Kier molecular flexibility index (Phi) is 38.8. The number of fused-ring (bicyclic) bond motifs is 5. The van der Waals surface area contributed by atoms with Gasteiger partial charge in [-0.05, 0) is 325 Å². The Morgan fingerprint density at radius 2 is 0.509 bits per heavy atom. The van der Waals surface area contributed by atoms with Gasteiger partial charge >= 0.3 is 0 Å². The van der Waals surface area contributed by atoms with Crippen LogP contribution in [0.2, 0.25) is 15.1 Å². The number of halogens is 3. The first-order valence-electron chi connectivity index (χ1n) is 44.3. The van der Waals surface area contributed by atoms with E-state index in [0.717, 1.165) is 120 Å². The molecule has 5 N–H and O–H groups in total. The SMILES string of the molecule is Cc1cc(NCCCCCCN2CCCCC2)c2ccccc2n1.Cc1cc(NCCCN2CCCCC2)c2ccccc2n1.Clc1ccc2c(NCCCCCCCCN3CCCCC3)ccnc2c1.Clc1ccc2c(NCCCCN3CCCCC3)ccnc2c1.Clc1ccc2c(NCCCN3CCCCC3)ccnc2c1. The van der Waals surface area contributed by atoms with Crippen molar-refractivity contribution < 1.29 is 0 Å². The van der Waals surface area contributed by atoms with E-state index in [4.69, 9.17) is 34.8 Å². The van der Waals surface area contributed by atoms with Crippen LogP contribution in [0.1, 0.15) is 198 Å². The van der Waals surface area contributed by atoms with Gasteiger partial charge in [0.25, 0.3) is 0 Å². The van der Waals surface area contributed by atoms with E-state index in [0.29, 0.717) is 0 Å². The number of nitrogens with zero attached hydrogens (tertiary/aromatic N) is 10. The fourth-order valence-corrected chi connectivity index (χ4v) is 17.3. The maximum atomic E-state index is 6.05. The van der Waals surface area contributed by atoms with Gasteiger partial charge in [-0.15, -0.1) is 0 Å². The van der Waals surface area contributed by atoms with E-state index in [1.807, 2.05) is 79.3 Å². The molecule has 0 saturated carbocycles. The lowest BCUT2D eigenvalue weighted by molar-refractivity contribution is 0.224. The number of likely N-dealkylation sites (tertiary alicyclic amines) is 5. The third-order valence-electron chi connectivity index (χ3n) is 23.1. The molecular formula is C96H134Cl3N15. The lowest BCUT2D eigenvalue weighted by atomic mass is 10.1. The summed E-state index contributed by atoms with van der Waals surface area (Å²) in [5.41, 5.74) is 13.1. The Morgan fingerprint density at radius 3 is 0.842 bits per heavy atom. The zero-order valence-electron chi connectivity index (χ0n) is 69.2. The topological polar surface area (TPSA) is 141 Å². The van der Waals surface area contributed by atoms with Crippen LogP contribution in [0.3, 0.4) is 0 Å². The average Bonchev–Trinajstić information content (AvgIpc) is 0.837. The van der Waals surface area contributed by atoms with Crippen LogP contribution < -0.4 is 26.6 Å². The van der Waals surface area contributed by atoms with Gasteiger partial charge in [0.15, 0.2) is 0 Å². The molecule has 614 valence electrons. The van der Waals surface area contributed by atoms with E-state index in [-0.39, 0.29) is 0 Å². The van der Waals surface area contributed by atoms with E-state index in [1.54, 1.807) is 0 Å². The van der Waals surface area contributed by atoms with Crippen molar-refractivity contribution in [2.75, 3.05) is 157 Å². The first-order chi connectivity index (χ1) is 56.1. The third kappa shape index (κ3) is 30.7. The minimum atomic E-state index is 0.734. The summed E-state index contributed by atoms with van der Waals surface area (Å²) in [6, 6.07) is 44.9. The van der Waals surface area contributed by atoms with E-state index in [9.17, 15) is 0 Å². The van der Waals surface area contributed by atoms with Crippen LogP contribution in [-0.4, -0.2) is 180 Å². The summed E-state index contributed by atoms with van der Waals surface area (Å²) < 4.78 is 0. The number of pyridine rings is 5. The summed E-state index contributed by atoms with van der Waals surface area (Å²) in [7, 11) is 0. The van der Waals surface area contributed by atoms with Crippen molar-refractivity contribution in [3.63, 3.8) is 0 Å². The largest absolute Gasteiger partial charge is 0.384 e. The lowest BCUT2D eigenvalue weighted by Crippen LogP contribution is -2.31. The van der Waals surface area contributed by atoms with Crippen molar-refractivity contribution in [2.24, 2.45) is 0 Å². The Labute approximate surface area is 698 Å². The summed E-state index contributed by atoms with van der Waals surface area (Å²) in [5.74, 6) is 0. The molecule has 0 aliphatic carbocycles. The Morgan fingerprint density at radius 1 is 0.254 bits per heavy atom. The number of aromatic nitrogens is 5. The molecule has 0 radical (unpaired) electrons. The number of piperidine rings is 5. The van der Waals surface area contributed by atoms with Gasteiger partial charge in [-0.3, -0.25) is 24.9 Å². The van der Waals surface area contributed by atoms with E-state index in [2.05, 4.69) is 163 Å². The second-order valence-corrected chi connectivity index (χ2v) is 33.6. The zero-order chi connectivity index (χ0) is 78.8. The number of hydrogen-bond acceptors (Lipinski definition) is 15. The molecule has 15 rings (SSSR count). The highest BCUT2D eigenvalue weighted by molar-refractivity contribution is 6.32. The quantitative estimate of drug-likeness (QED) is 0.0244. The number of hydrogen-bond donors (Lipinski definition) is 5. The van der Waals surface area contributed by atoms with Crippen molar-refractivity contribution >= 4 is 118 Å². The van der Waals surface area contributed by atoms with E-state index >= 15 is 0 Å². The molecule has 5 aromatic carbocycles. The number of nitrogens with one attached hydrogen (secondary N) is 5. The fraction of sp³-hybridized carbons (Fsp3) is 0.531. The van der Waals surface area contributed by atoms with Gasteiger partial charge in [0, 0.05) is 133 Å². The van der Waals surface area contributed by atoms with Crippen LogP contribution in [0.5, 0.6) is 0 Å². The van der Waals surface area contributed by atoms with Crippen LogP contribution in [0.25, 0.3) is 54.5 Å². The number of rotatable bonds is 34. The van der Waals surface area contributed by atoms with Gasteiger partial charge < -0.3 is 51.1 Å². The van der Waals surface area contributed by atoms with Crippen molar-refractivity contribution in [3.8, 4) is 0 Å². The maximum absolute atomic E-state index is 6.05. The van der Waals surface area contributed by atoms with E-state index in [1.165, 1.54) is 307 Å². The lowest BCUT2D eigenvalue weighted by Gasteiger charge is -2.26. The third-order valence-corrected chi connectivity index (χ3v) is 23.8. The molecule has 15 nitrogen and oxygen atoms in total. The fourth-order valence-electron chi connectivity index (χ4n) is 16.8. The normalized spacial score (nSPS) is 15.9. The molecule has 0 spiro atoms. The van der Waals surface area contributed by atoms with Crippen molar-refractivity contribution in [1.29, 1.82) is 0 Å². The minimum Gasteiger partial charge on any atom is -0.384 e. The molecule has 5 aliphatic heterocycles. The summed E-state index contributed by atoms with van der Waals surface area (Å²) in [4.78, 5) is 35.4. The smallest absolute Gasteiger partial charge is 0.0737 e. The van der Waals surface area contributed by atoms with Crippen LogP contribution in [0.15, 0.2) is 152 Å².